The number of nitrogens with one attached hydrogen (secondary N) is 1. The first kappa shape index (κ1) is 15.5. The van der Waals surface area contributed by atoms with Crippen LogP contribution < -0.4 is 0 Å². The van der Waals surface area contributed by atoms with Crippen molar-refractivity contribution in [2.45, 2.75) is 19.4 Å². The summed E-state index contributed by atoms with van der Waals surface area (Å²) < 4.78 is 18.8. The number of aryl methyl sites for hydroxylation is 1. The Balaban J connectivity index is 1.82. The first-order chi connectivity index (χ1) is 10.9. The van der Waals surface area contributed by atoms with Gasteiger partial charge in [-0.2, -0.15) is 0 Å². The Hall–Kier alpha value is -2.41. The van der Waals surface area contributed by atoms with E-state index < -0.39 is 12.1 Å². The van der Waals surface area contributed by atoms with E-state index in [-0.39, 0.29) is 24.7 Å². The average Bonchev–Trinajstić information content (AvgIpc) is 2.90. The van der Waals surface area contributed by atoms with Gasteiger partial charge in [-0.3, -0.25) is 9.59 Å². The maximum absolute atomic E-state index is 13.4. The largest absolute Gasteiger partial charge is 0.481 e. The van der Waals surface area contributed by atoms with Crippen molar-refractivity contribution in [3.63, 3.8) is 0 Å². The van der Waals surface area contributed by atoms with E-state index in [1.165, 1.54) is 12.1 Å². The van der Waals surface area contributed by atoms with E-state index in [9.17, 15) is 14.0 Å². The van der Waals surface area contributed by atoms with E-state index in [0.717, 1.165) is 10.9 Å². The summed E-state index contributed by atoms with van der Waals surface area (Å²) in [6.45, 7) is 2.72. The number of rotatable bonds is 3. The number of carboxylic acids is 1. The number of aliphatic carboxylic acids is 1. The molecule has 1 fully saturated rings. The lowest BCUT2D eigenvalue weighted by atomic mass is 10.1. The zero-order valence-corrected chi connectivity index (χ0v) is 12.6. The second-order valence-electron chi connectivity index (χ2n) is 5.71. The molecule has 0 spiro atoms. The molecule has 6 nitrogen and oxygen atoms in total. The van der Waals surface area contributed by atoms with Gasteiger partial charge in [-0.05, 0) is 30.7 Å². The maximum Gasteiger partial charge on any atom is 0.306 e. The minimum absolute atomic E-state index is 0.138. The highest BCUT2D eigenvalue weighted by atomic mass is 19.1. The number of aromatic amines is 1. The van der Waals surface area contributed by atoms with E-state index in [2.05, 4.69) is 4.98 Å². The third-order valence-corrected chi connectivity index (χ3v) is 3.97. The molecule has 1 unspecified atom stereocenters. The van der Waals surface area contributed by atoms with Crippen molar-refractivity contribution in [2.75, 3.05) is 19.7 Å². The summed E-state index contributed by atoms with van der Waals surface area (Å²) in [4.78, 5) is 27.9. The second kappa shape index (κ2) is 6.00. The van der Waals surface area contributed by atoms with E-state index >= 15 is 0 Å². The minimum atomic E-state index is -0.957. The van der Waals surface area contributed by atoms with Crippen molar-refractivity contribution in [1.82, 2.24) is 9.88 Å². The molecular weight excluding hydrogens is 303 g/mol. The van der Waals surface area contributed by atoms with Crippen LogP contribution >= 0.6 is 0 Å². The number of benzene rings is 1. The smallest absolute Gasteiger partial charge is 0.306 e. The summed E-state index contributed by atoms with van der Waals surface area (Å²) in [6.07, 6.45) is -0.644. The number of fused-ring (bicyclic) bond motifs is 1. The molecule has 2 aromatic rings. The zero-order valence-electron chi connectivity index (χ0n) is 12.6. The third kappa shape index (κ3) is 3.19. The highest BCUT2D eigenvalue weighted by Gasteiger charge is 2.27. The molecule has 1 aliphatic rings. The SMILES string of the molecule is Cc1cc(F)cc2[nH]c(C(=O)N3CCOC(CC(=O)O)C3)cc12. The standard InChI is InChI=1S/C16H17FN2O4/c1-9-4-10(17)5-13-12(9)7-14(18-13)16(22)19-2-3-23-11(8-19)6-15(20)21/h4-5,7,11,18H,2-3,6,8H2,1H3,(H,20,21). The van der Waals surface area contributed by atoms with Crippen molar-refractivity contribution >= 4 is 22.8 Å². The molecule has 2 heterocycles. The van der Waals surface area contributed by atoms with Gasteiger partial charge in [0.25, 0.3) is 5.91 Å². The maximum atomic E-state index is 13.4. The van der Waals surface area contributed by atoms with Gasteiger partial charge in [0.15, 0.2) is 0 Å². The Labute approximate surface area is 131 Å². The predicted molar refractivity (Wildman–Crippen MR) is 80.9 cm³/mol. The molecule has 1 aromatic heterocycles. The topological polar surface area (TPSA) is 82.6 Å². The molecular formula is C16H17FN2O4. The van der Waals surface area contributed by atoms with Crippen molar-refractivity contribution < 1.29 is 23.8 Å². The average molecular weight is 320 g/mol. The fraction of sp³-hybridized carbons (Fsp3) is 0.375. The van der Waals surface area contributed by atoms with Crippen LogP contribution in [-0.2, 0) is 9.53 Å². The molecule has 7 heteroatoms. The molecule has 0 radical (unpaired) electrons. The normalized spacial score (nSPS) is 18.3. The van der Waals surface area contributed by atoms with Crippen LogP contribution in [0.2, 0.25) is 0 Å². The number of H-pyrrole nitrogens is 1. The Morgan fingerprint density at radius 3 is 2.96 bits per heavy atom. The van der Waals surface area contributed by atoms with Crippen molar-refractivity contribution in [2.24, 2.45) is 0 Å². The van der Waals surface area contributed by atoms with Crippen LogP contribution in [0.1, 0.15) is 22.5 Å². The molecule has 23 heavy (non-hydrogen) atoms. The molecule has 1 amide bonds. The molecule has 1 saturated heterocycles. The molecule has 0 saturated carbocycles. The lowest BCUT2D eigenvalue weighted by molar-refractivity contribution is -0.141. The summed E-state index contributed by atoms with van der Waals surface area (Å²) in [6, 6.07) is 4.47. The summed E-state index contributed by atoms with van der Waals surface area (Å²) in [7, 11) is 0. The van der Waals surface area contributed by atoms with Gasteiger partial charge >= 0.3 is 5.97 Å². The van der Waals surface area contributed by atoms with Gasteiger partial charge in [-0.1, -0.05) is 0 Å². The first-order valence-electron chi connectivity index (χ1n) is 7.35. The Bertz CT molecular complexity index is 771. The Kier molecular flexibility index (Phi) is 4.04. The van der Waals surface area contributed by atoms with Crippen LogP contribution in [-0.4, -0.2) is 52.7 Å². The van der Waals surface area contributed by atoms with Gasteiger partial charge in [-0.25, -0.2) is 4.39 Å². The molecule has 2 N–H and O–H groups in total. The van der Waals surface area contributed by atoms with Gasteiger partial charge in [0, 0.05) is 24.0 Å². The summed E-state index contributed by atoms with van der Waals surface area (Å²) >= 11 is 0. The van der Waals surface area contributed by atoms with E-state index in [1.54, 1.807) is 17.9 Å². The number of carbonyl (C=O) groups is 2. The fourth-order valence-corrected chi connectivity index (χ4v) is 2.88. The number of nitrogens with zero attached hydrogens (tertiary/aromatic N) is 1. The van der Waals surface area contributed by atoms with Crippen molar-refractivity contribution in [3.8, 4) is 0 Å². The predicted octanol–water partition coefficient (Wildman–Crippen LogP) is 1.93. The molecule has 3 rings (SSSR count). The highest BCUT2D eigenvalue weighted by Crippen LogP contribution is 2.22. The molecule has 1 aromatic carbocycles. The van der Waals surface area contributed by atoms with Crippen LogP contribution in [0.5, 0.6) is 0 Å². The number of ether oxygens (including phenoxy) is 1. The van der Waals surface area contributed by atoms with Gasteiger partial charge in [0.1, 0.15) is 11.5 Å². The van der Waals surface area contributed by atoms with Crippen LogP contribution in [0.3, 0.4) is 0 Å². The van der Waals surface area contributed by atoms with Gasteiger partial charge in [0.05, 0.1) is 19.1 Å². The molecule has 0 bridgehead atoms. The number of halogens is 1. The minimum Gasteiger partial charge on any atom is -0.481 e. The molecule has 122 valence electrons. The van der Waals surface area contributed by atoms with Crippen LogP contribution in [0.4, 0.5) is 4.39 Å². The lowest BCUT2D eigenvalue weighted by Crippen LogP contribution is -2.46. The number of hydrogen-bond donors (Lipinski definition) is 2. The second-order valence-corrected chi connectivity index (χ2v) is 5.71. The number of aromatic nitrogens is 1. The van der Waals surface area contributed by atoms with Gasteiger partial charge in [-0.15, -0.1) is 0 Å². The molecule has 1 aliphatic heterocycles. The quantitative estimate of drug-likeness (QED) is 0.905. The summed E-state index contributed by atoms with van der Waals surface area (Å²) in [5, 5.41) is 9.63. The Morgan fingerprint density at radius 2 is 2.22 bits per heavy atom. The summed E-state index contributed by atoms with van der Waals surface area (Å²) in [5.41, 5.74) is 1.69. The van der Waals surface area contributed by atoms with E-state index in [1.807, 2.05) is 0 Å². The fourth-order valence-electron chi connectivity index (χ4n) is 2.88. The monoisotopic (exact) mass is 320 g/mol. The van der Waals surface area contributed by atoms with Crippen molar-refractivity contribution in [3.05, 3.63) is 35.3 Å². The number of amides is 1. The first-order valence-corrected chi connectivity index (χ1v) is 7.35. The number of morpholine rings is 1. The molecule has 1 atom stereocenters. The number of carboxylic acid groups (broad SMARTS) is 1. The van der Waals surface area contributed by atoms with E-state index in [0.29, 0.717) is 24.4 Å². The molecule has 0 aliphatic carbocycles. The Morgan fingerprint density at radius 1 is 1.43 bits per heavy atom. The highest BCUT2D eigenvalue weighted by molar-refractivity contribution is 5.99. The lowest BCUT2D eigenvalue weighted by Gasteiger charge is -2.32. The van der Waals surface area contributed by atoms with E-state index in [4.69, 9.17) is 9.84 Å². The summed E-state index contributed by atoms with van der Waals surface area (Å²) in [5.74, 6) is -1.55. The zero-order chi connectivity index (χ0) is 16.6. The van der Waals surface area contributed by atoms with Gasteiger partial charge < -0.3 is 19.7 Å². The van der Waals surface area contributed by atoms with Crippen molar-refractivity contribution in [1.29, 1.82) is 0 Å². The van der Waals surface area contributed by atoms with Crippen LogP contribution in [0, 0.1) is 12.7 Å². The van der Waals surface area contributed by atoms with Crippen LogP contribution in [0.15, 0.2) is 18.2 Å². The number of hydrogen-bond acceptors (Lipinski definition) is 3. The van der Waals surface area contributed by atoms with Gasteiger partial charge in [0.2, 0.25) is 0 Å². The van der Waals surface area contributed by atoms with Crippen LogP contribution in [0.25, 0.3) is 10.9 Å². The third-order valence-electron chi connectivity index (χ3n) is 3.97. The number of carbonyl (C=O) groups excluding carboxylic acids is 1.